The first kappa shape index (κ1) is 55.9. The lowest BCUT2D eigenvalue weighted by Gasteiger charge is -2.26. The molecule has 0 aliphatic rings. The van der Waals surface area contributed by atoms with Gasteiger partial charge in [-0.1, -0.05) is 48.5 Å². The Kier molecular flexibility index (Phi) is 17.3. The molecule has 0 saturated carbocycles. The molecular formula is C53H56BClN10O10. The van der Waals surface area contributed by atoms with E-state index >= 15 is 0 Å². The molecule has 4 aromatic carbocycles. The number of rotatable bonds is 8. The molecule has 0 aliphatic heterocycles. The molecule has 22 heteroatoms. The van der Waals surface area contributed by atoms with Crippen molar-refractivity contribution < 1.29 is 48.2 Å². The number of aromatic nitrogens is 8. The van der Waals surface area contributed by atoms with Crippen molar-refractivity contribution in [1.29, 1.82) is 0 Å². The Morgan fingerprint density at radius 1 is 0.613 bits per heavy atom. The van der Waals surface area contributed by atoms with Gasteiger partial charge in [0.2, 0.25) is 5.28 Å². The minimum Gasteiger partial charge on any atom is -0.443 e. The Balaban J connectivity index is 0.000000201. The van der Waals surface area contributed by atoms with E-state index in [0.29, 0.717) is 50.3 Å². The highest BCUT2D eigenvalue weighted by atomic mass is 35.5. The zero-order chi connectivity index (χ0) is 55.0. The number of nitrogens with zero attached hydrogens (tertiary/aromatic N) is 9. The van der Waals surface area contributed by atoms with E-state index in [1.54, 1.807) is 115 Å². The van der Waals surface area contributed by atoms with Crippen LogP contribution in [0.15, 0.2) is 122 Å². The molecule has 75 heavy (non-hydrogen) atoms. The maximum atomic E-state index is 13.0. The van der Waals surface area contributed by atoms with Crippen LogP contribution in [0.2, 0.25) is 5.28 Å². The molecule has 0 atom stereocenters. The molecule has 0 fully saturated rings. The van der Waals surface area contributed by atoms with Gasteiger partial charge in [0.1, 0.15) is 28.4 Å². The van der Waals surface area contributed by atoms with Gasteiger partial charge in [-0.15, -0.1) is 0 Å². The molecule has 0 spiro atoms. The summed E-state index contributed by atoms with van der Waals surface area (Å²) in [5.74, 6) is 1.38. The van der Waals surface area contributed by atoms with Crippen molar-refractivity contribution in [3.05, 3.63) is 138 Å². The van der Waals surface area contributed by atoms with E-state index in [1.165, 1.54) is 52.6 Å². The van der Waals surface area contributed by atoms with Gasteiger partial charge in [-0.25, -0.2) is 34.2 Å². The van der Waals surface area contributed by atoms with E-state index in [4.69, 9.17) is 35.9 Å². The summed E-state index contributed by atoms with van der Waals surface area (Å²) in [5.41, 5.74) is 2.86. The molecule has 0 unspecified atom stereocenters. The molecule has 8 rings (SSSR count). The highest BCUT2D eigenvalue weighted by Gasteiger charge is 2.28. The van der Waals surface area contributed by atoms with Gasteiger partial charge in [-0.3, -0.25) is 9.59 Å². The number of hydrogen-bond acceptors (Lipinski definition) is 17. The zero-order valence-electron chi connectivity index (χ0n) is 43.2. The summed E-state index contributed by atoms with van der Waals surface area (Å²) >= 11 is 5.93. The van der Waals surface area contributed by atoms with Crippen molar-refractivity contribution in [1.82, 2.24) is 39.5 Å². The maximum absolute atomic E-state index is 13.0. The number of halogens is 1. The van der Waals surface area contributed by atoms with E-state index in [1.807, 2.05) is 45.0 Å². The van der Waals surface area contributed by atoms with Gasteiger partial charge in [0.05, 0.1) is 29.1 Å². The summed E-state index contributed by atoms with van der Waals surface area (Å²) in [5, 5.41) is 30.4. The topological polar surface area (TPSA) is 256 Å². The zero-order valence-corrected chi connectivity index (χ0v) is 43.9. The molecular weight excluding hydrogens is 983 g/mol. The molecule has 0 aliphatic carbocycles. The van der Waals surface area contributed by atoms with Gasteiger partial charge >= 0.3 is 25.4 Å². The Morgan fingerprint density at radius 3 is 1.63 bits per heavy atom. The second-order valence-corrected chi connectivity index (χ2v) is 20.0. The first-order chi connectivity index (χ1) is 35.1. The number of amides is 1. The molecule has 3 N–H and O–H groups in total. The number of ether oxygens (including phenoxy) is 3. The monoisotopic (exact) mass is 1040 g/mol. The normalized spacial score (nSPS) is 11.3. The molecule has 0 bridgehead atoms. The maximum Gasteiger partial charge on any atom is 0.488 e. The first-order valence-corrected chi connectivity index (χ1v) is 23.6. The molecule has 1 amide bonds. The quantitative estimate of drug-likeness (QED) is 0.0553. The Bertz CT molecular complexity index is 3360. The fourth-order valence-electron chi connectivity index (χ4n) is 6.72. The summed E-state index contributed by atoms with van der Waals surface area (Å²) in [4.78, 5) is 78.2. The number of fused-ring (bicyclic) bond motifs is 2. The lowest BCUT2D eigenvalue weighted by Crippen LogP contribution is -2.34. The lowest BCUT2D eigenvalue weighted by atomic mass is 9.80. The molecule has 4 aromatic heterocycles. The second kappa shape index (κ2) is 23.2. The second-order valence-electron chi connectivity index (χ2n) is 19.7. The van der Waals surface area contributed by atoms with Crippen molar-refractivity contribution in [3.8, 4) is 11.4 Å². The summed E-state index contributed by atoms with van der Waals surface area (Å²) in [6.45, 7) is 19.1. The number of hydrogen-bond donors (Lipinski definition) is 3. The van der Waals surface area contributed by atoms with Crippen LogP contribution in [0.1, 0.15) is 96.9 Å². The van der Waals surface area contributed by atoms with Gasteiger partial charge in [0.25, 0.3) is 0 Å². The molecule has 388 valence electrons. The fraction of sp³-hybridized carbons (Fsp3) is 0.264. The Labute approximate surface area is 437 Å². The third kappa shape index (κ3) is 15.6. The third-order valence-electron chi connectivity index (χ3n) is 10.0. The predicted molar refractivity (Wildman–Crippen MR) is 285 cm³/mol. The minimum absolute atomic E-state index is 0.00937. The molecule has 0 saturated heterocycles. The first-order valence-electron chi connectivity index (χ1n) is 23.3. The molecule has 8 aromatic rings. The van der Waals surface area contributed by atoms with E-state index in [2.05, 4.69) is 35.5 Å². The summed E-state index contributed by atoms with van der Waals surface area (Å²) in [7, 11) is -1.47. The largest absolute Gasteiger partial charge is 0.488 e. The molecule has 20 nitrogen and oxygen atoms in total. The van der Waals surface area contributed by atoms with Crippen LogP contribution in [0.25, 0.3) is 33.2 Å². The van der Waals surface area contributed by atoms with Crippen LogP contribution in [0.3, 0.4) is 0 Å². The predicted octanol–water partition coefficient (Wildman–Crippen LogP) is 10.1. The summed E-state index contributed by atoms with van der Waals surface area (Å²) in [6.07, 6.45) is 4.49. The number of anilines is 4. The van der Waals surface area contributed by atoms with Crippen LogP contribution in [0, 0.1) is 0 Å². The smallest absolute Gasteiger partial charge is 0.443 e. The van der Waals surface area contributed by atoms with Crippen molar-refractivity contribution in [3.63, 3.8) is 0 Å². The van der Waals surface area contributed by atoms with E-state index in [-0.39, 0.29) is 22.7 Å². The highest BCUT2D eigenvalue weighted by Crippen LogP contribution is 2.31. The molecule has 4 heterocycles. The van der Waals surface area contributed by atoms with Crippen LogP contribution in [0.4, 0.5) is 37.4 Å². The van der Waals surface area contributed by atoms with Crippen molar-refractivity contribution in [2.45, 2.75) is 93.0 Å². The van der Waals surface area contributed by atoms with E-state index in [9.17, 15) is 24.0 Å². The van der Waals surface area contributed by atoms with Crippen LogP contribution >= 0.6 is 11.6 Å². The number of Topliss-reactive ketones (excluding diaryl/α,β-unsaturated/α-hetero) is 2. The van der Waals surface area contributed by atoms with Crippen molar-refractivity contribution >= 4 is 98.8 Å². The fourth-order valence-corrected chi connectivity index (χ4v) is 6.86. The van der Waals surface area contributed by atoms with Crippen molar-refractivity contribution in [2.75, 3.05) is 10.2 Å². The number of ketones is 2. The molecule has 0 radical (unpaired) electrons. The standard InChI is InChI=1S/C24H23N5O3.C21H24ClN5O4.C8H9BO3/c1-15(30)16-5-7-17(8-6-16)22-25-12-11-21(28-22)27-19-9-10-20-18(13-19)14-26-29(20)23(31)32-24(2,3)4;1-20(2,3)30-18(28)26(16-9-10-23-17(22)25-16)14-7-8-15-13(11-14)12-24-27(15)19(29)31-21(4,5)6;1-6(10)7-2-4-8(5-3-7)9(11)12/h5-14H,1-4H3,(H,25,27,28);7-12H,1-6H3;2-5,11-12H,1H3. The van der Waals surface area contributed by atoms with E-state index < -0.39 is 42.2 Å². The number of carbonyl (C=O) groups is 5. The van der Waals surface area contributed by atoms with Gasteiger partial charge in [0, 0.05) is 51.6 Å². The van der Waals surface area contributed by atoms with E-state index in [0.717, 1.165) is 16.6 Å². The van der Waals surface area contributed by atoms with Crippen LogP contribution in [0.5, 0.6) is 0 Å². The van der Waals surface area contributed by atoms with Gasteiger partial charge in [0.15, 0.2) is 17.4 Å². The van der Waals surface area contributed by atoms with Crippen LogP contribution < -0.4 is 15.7 Å². The summed E-state index contributed by atoms with van der Waals surface area (Å²) in [6, 6.07) is 27.2. The number of benzene rings is 4. The van der Waals surface area contributed by atoms with Crippen molar-refractivity contribution in [2.24, 2.45) is 0 Å². The lowest BCUT2D eigenvalue weighted by molar-refractivity contribution is 0.0511. The number of nitrogens with one attached hydrogen (secondary N) is 1. The Hall–Kier alpha value is -8.40. The number of carbonyl (C=O) groups excluding carboxylic acids is 5. The average Bonchev–Trinajstić information content (AvgIpc) is 3.95. The van der Waals surface area contributed by atoms with Crippen LogP contribution in [-0.2, 0) is 14.2 Å². The minimum atomic E-state index is -1.47. The SMILES string of the molecule is CC(=O)c1ccc(-c2nccc(Nc3ccc4c(cnn4C(=O)OC(C)(C)C)c3)n2)cc1.CC(=O)c1ccc(B(O)O)cc1.CC(C)(C)OC(=O)N(c1ccc2c(cnn2C(=O)OC(C)(C)C)c1)c1ccnc(Cl)n1. The Morgan fingerprint density at radius 2 is 1.12 bits per heavy atom. The average molecular weight is 1040 g/mol. The van der Waals surface area contributed by atoms with Gasteiger partial charge in [-0.2, -0.15) is 24.5 Å². The third-order valence-corrected chi connectivity index (χ3v) is 10.2. The summed E-state index contributed by atoms with van der Waals surface area (Å²) < 4.78 is 18.8. The van der Waals surface area contributed by atoms with Gasteiger partial charge in [-0.05, 0) is 136 Å². The highest BCUT2D eigenvalue weighted by molar-refractivity contribution is 6.58. The van der Waals surface area contributed by atoms with Gasteiger partial charge < -0.3 is 29.6 Å². The van der Waals surface area contributed by atoms with Crippen LogP contribution in [-0.4, -0.2) is 103 Å².